The van der Waals surface area contributed by atoms with E-state index in [4.69, 9.17) is 9.47 Å². The molecule has 0 aliphatic heterocycles. The number of benzene rings is 1. The molecule has 0 spiro atoms. The van der Waals surface area contributed by atoms with Gasteiger partial charge < -0.3 is 14.4 Å². The predicted molar refractivity (Wildman–Crippen MR) is 105 cm³/mol. The average Bonchev–Trinajstić information content (AvgIpc) is 3.30. The Hall–Kier alpha value is -1.97. The SMILES string of the molecule is CCCCCN(C1=CC(=O)CC1)c1ccc(OC)c(OC2CCCC2)c1. The van der Waals surface area contributed by atoms with Crippen molar-refractivity contribution >= 4 is 11.5 Å². The first kappa shape index (κ1) is 18.8. The van der Waals surface area contributed by atoms with Crippen molar-refractivity contribution in [3.8, 4) is 11.5 Å². The predicted octanol–water partition coefficient (Wildman–Crippen LogP) is 5.26. The molecule has 0 N–H and O–H groups in total. The fourth-order valence-corrected chi connectivity index (χ4v) is 3.86. The second-order valence-corrected chi connectivity index (χ2v) is 7.32. The summed E-state index contributed by atoms with van der Waals surface area (Å²) >= 11 is 0. The maximum absolute atomic E-state index is 11.8. The summed E-state index contributed by atoms with van der Waals surface area (Å²) in [6, 6.07) is 6.16. The average molecular weight is 357 g/mol. The lowest BCUT2D eigenvalue weighted by atomic mass is 10.2. The molecule has 142 valence electrons. The summed E-state index contributed by atoms with van der Waals surface area (Å²) in [6.07, 6.45) is 11.8. The van der Waals surface area contributed by atoms with E-state index in [2.05, 4.69) is 24.0 Å². The maximum Gasteiger partial charge on any atom is 0.163 e. The summed E-state index contributed by atoms with van der Waals surface area (Å²) in [5.41, 5.74) is 2.22. The van der Waals surface area contributed by atoms with Crippen LogP contribution in [0.15, 0.2) is 30.0 Å². The van der Waals surface area contributed by atoms with Crippen LogP contribution in [0.3, 0.4) is 0 Å². The molecule has 0 atom stereocenters. The van der Waals surface area contributed by atoms with Crippen molar-refractivity contribution in [2.45, 2.75) is 70.8 Å². The molecule has 0 unspecified atom stereocenters. The van der Waals surface area contributed by atoms with Crippen molar-refractivity contribution in [2.24, 2.45) is 0 Å². The molecule has 1 aromatic rings. The van der Waals surface area contributed by atoms with Gasteiger partial charge in [-0.05, 0) is 50.7 Å². The standard InChI is InChI=1S/C22H31NO3/c1-3-4-7-14-23(17-10-12-19(24)15-17)18-11-13-21(25-2)22(16-18)26-20-8-5-6-9-20/h11,13,15-16,20H,3-10,12,14H2,1-2H3. The lowest BCUT2D eigenvalue weighted by molar-refractivity contribution is -0.114. The first-order valence-corrected chi connectivity index (χ1v) is 10.1. The molecular weight excluding hydrogens is 326 g/mol. The van der Waals surface area contributed by atoms with Gasteiger partial charge in [0.1, 0.15) is 0 Å². The first-order valence-electron chi connectivity index (χ1n) is 10.1. The quantitative estimate of drug-likeness (QED) is 0.565. The van der Waals surface area contributed by atoms with E-state index in [0.717, 1.165) is 55.1 Å². The Kier molecular flexibility index (Phi) is 6.59. The van der Waals surface area contributed by atoms with Gasteiger partial charge in [-0.2, -0.15) is 0 Å². The summed E-state index contributed by atoms with van der Waals surface area (Å²) in [4.78, 5) is 14.1. The zero-order valence-corrected chi connectivity index (χ0v) is 16.1. The third-order valence-corrected chi connectivity index (χ3v) is 5.34. The number of anilines is 1. The Morgan fingerprint density at radius 1 is 1.12 bits per heavy atom. The number of hydrogen-bond donors (Lipinski definition) is 0. The van der Waals surface area contributed by atoms with E-state index >= 15 is 0 Å². The fraction of sp³-hybridized carbons (Fsp3) is 0.591. The number of nitrogens with zero attached hydrogens (tertiary/aromatic N) is 1. The van der Waals surface area contributed by atoms with E-state index in [0.29, 0.717) is 12.5 Å². The lowest BCUT2D eigenvalue weighted by Gasteiger charge is -2.27. The Bertz CT molecular complexity index is 647. The van der Waals surface area contributed by atoms with Gasteiger partial charge in [-0.15, -0.1) is 0 Å². The van der Waals surface area contributed by atoms with Crippen LogP contribution in [0.25, 0.3) is 0 Å². The molecule has 0 bridgehead atoms. The van der Waals surface area contributed by atoms with Gasteiger partial charge in [0.15, 0.2) is 17.3 Å². The number of allylic oxidation sites excluding steroid dienone is 2. The third-order valence-electron chi connectivity index (χ3n) is 5.34. The van der Waals surface area contributed by atoms with Crippen molar-refractivity contribution < 1.29 is 14.3 Å². The van der Waals surface area contributed by atoms with E-state index in [1.807, 2.05) is 12.1 Å². The highest BCUT2D eigenvalue weighted by Gasteiger charge is 2.22. The van der Waals surface area contributed by atoms with E-state index in [1.54, 1.807) is 7.11 Å². The number of carbonyl (C=O) groups excluding carboxylic acids is 1. The zero-order chi connectivity index (χ0) is 18.4. The highest BCUT2D eigenvalue weighted by atomic mass is 16.5. The molecule has 26 heavy (non-hydrogen) atoms. The molecule has 3 rings (SSSR count). The summed E-state index contributed by atoms with van der Waals surface area (Å²) in [6.45, 7) is 3.14. The molecule has 0 heterocycles. The van der Waals surface area contributed by atoms with E-state index in [9.17, 15) is 4.79 Å². The van der Waals surface area contributed by atoms with Crippen LogP contribution in [0.1, 0.15) is 64.7 Å². The van der Waals surface area contributed by atoms with Crippen molar-refractivity contribution in [1.29, 1.82) is 0 Å². The Labute approximate surface area is 157 Å². The maximum atomic E-state index is 11.8. The minimum absolute atomic E-state index is 0.233. The molecule has 0 amide bonds. The molecule has 4 nitrogen and oxygen atoms in total. The second kappa shape index (κ2) is 9.11. The Morgan fingerprint density at radius 3 is 2.58 bits per heavy atom. The van der Waals surface area contributed by atoms with Gasteiger partial charge in [0.25, 0.3) is 0 Å². The van der Waals surface area contributed by atoms with Gasteiger partial charge in [0.05, 0.1) is 13.2 Å². The summed E-state index contributed by atoms with van der Waals surface area (Å²) in [7, 11) is 1.69. The molecule has 0 radical (unpaired) electrons. The number of hydrogen-bond acceptors (Lipinski definition) is 4. The van der Waals surface area contributed by atoms with Crippen molar-refractivity contribution in [3.63, 3.8) is 0 Å². The highest BCUT2D eigenvalue weighted by molar-refractivity contribution is 5.93. The first-order chi connectivity index (χ1) is 12.7. The summed E-state index contributed by atoms with van der Waals surface area (Å²) < 4.78 is 11.8. The number of unbranched alkanes of at least 4 members (excludes halogenated alkanes) is 2. The van der Waals surface area contributed by atoms with E-state index in [-0.39, 0.29) is 5.78 Å². The lowest BCUT2D eigenvalue weighted by Crippen LogP contribution is -2.23. The normalized spacial score (nSPS) is 17.5. The van der Waals surface area contributed by atoms with Gasteiger partial charge >= 0.3 is 0 Å². The third kappa shape index (κ3) is 4.60. The molecule has 2 aliphatic rings. The van der Waals surface area contributed by atoms with Crippen LogP contribution in [-0.2, 0) is 4.79 Å². The largest absolute Gasteiger partial charge is 0.493 e. The molecule has 2 aliphatic carbocycles. The summed E-state index contributed by atoms with van der Waals surface area (Å²) in [5.74, 6) is 1.84. The van der Waals surface area contributed by atoms with Crippen LogP contribution in [0, 0.1) is 0 Å². The van der Waals surface area contributed by atoms with Crippen LogP contribution in [0.4, 0.5) is 5.69 Å². The van der Waals surface area contributed by atoms with Gasteiger partial charge in [0, 0.05) is 36.5 Å². The minimum Gasteiger partial charge on any atom is -0.493 e. The summed E-state index contributed by atoms with van der Waals surface area (Å²) in [5, 5.41) is 0. The monoisotopic (exact) mass is 357 g/mol. The topological polar surface area (TPSA) is 38.8 Å². The fourth-order valence-electron chi connectivity index (χ4n) is 3.86. The van der Waals surface area contributed by atoms with Gasteiger partial charge in [-0.1, -0.05) is 19.8 Å². The molecule has 1 aromatic carbocycles. The molecule has 0 saturated heterocycles. The second-order valence-electron chi connectivity index (χ2n) is 7.32. The molecule has 1 fully saturated rings. The molecular formula is C22H31NO3. The number of ketones is 1. The van der Waals surface area contributed by atoms with Crippen molar-refractivity contribution in [1.82, 2.24) is 0 Å². The molecule has 0 aromatic heterocycles. The van der Waals surface area contributed by atoms with Crippen LogP contribution in [0.5, 0.6) is 11.5 Å². The van der Waals surface area contributed by atoms with Gasteiger partial charge in [-0.25, -0.2) is 0 Å². The Morgan fingerprint density at radius 2 is 1.92 bits per heavy atom. The molecule has 1 saturated carbocycles. The van der Waals surface area contributed by atoms with Gasteiger partial charge in [-0.3, -0.25) is 4.79 Å². The van der Waals surface area contributed by atoms with Crippen LogP contribution < -0.4 is 14.4 Å². The number of carbonyl (C=O) groups is 1. The van der Waals surface area contributed by atoms with Crippen molar-refractivity contribution in [3.05, 3.63) is 30.0 Å². The minimum atomic E-state index is 0.233. The van der Waals surface area contributed by atoms with Crippen LogP contribution >= 0.6 is 0 Å². The van der Waals surface area contributed by atoms with Crippen LogP contribution in [0.2, 0.25) is 0 Å². The zero-order valence-electron chi connectivity index (χ0n) is 16.1. The van der Waals surface area contributed by atoms with Gasteiger partial charge in [0.2, 0.25) is 0 Å². The highest BCUT2D eigenvalue weighted by Crippen LogP contribution is 2.37. The molecule has 4 heteroatoms. The number of ether oxygens (including phenoxy) is 2. The van der Waals surface area contributed by atoms with E-state index < -0.39 is 0 Å². The number of methoxy groups -OCH3 is 1. The van der Waals surface area contributed by atoms with E-state index in [1.165, 1.54) is 25.7 Å². The van der Waals surface area contributed by atoms with Crippen molar-refractivity contribution in [2.75, 3.05) is 18.6 Å². The number of rotatable bonds is 9. The smallest absolute Gasteiger partial charge is 0.163 e. The Balaban J connectivity index is 1.84. The van der Waals surface area contributed by atoms with Crippen LogP contribution in [-0.4, -0.2) is 25.5 Å².